The van der Waals surface area contributed by atoms with E-state index in [1.165, 1.54) is 5.56 Å². The van der Waals surface area contributed by atoms with Gasteiger partial charge in [-0.1, -0.05) is 29.8 Å². The molecular weight excluding hydrogens is 260 g/mol. The fourth-order valence-electron chi connectivity index (χ4n) is 2.63. The quantitative estimate of drug-likeness (QED) is 0.935. The van der Waals surface area contributed by atoms with Gasteiger partial charge in [-0.25, -0.2) is 0 Å². The number of methoxy groups -OCH3 is 1. The Morgan fingerprint density at radius 1 is 1.14 bits per heavy atom. The minimum Gasteiger partial charge on any atom is -0.496 e. The number of hydrogen-bond acceptors (Lipinski definition) is 3. The maximum absolute atomic E-state index is 6.54. The smallest absolute Gasteiger partial charge is 0.128 e. The van der Waals surface area contributed by atoms with E-state index in [0.717, 1.165) is 28.1 Å². The first-order valence-electron chi connectivity index (χ1n) is 7.20. The van der Waals surface area contributed by atoms with Gasteiger partial charge < -0.3 is 10.5 Å². The first-order valence-corrected chi connectivity index (χ1v) is 7.20. The van der Waals surface area contributed by atoms with E-state index in [2.05, 4.69) is 36.2 Å². The van der Waals surface area contributed by atoms with Crippen LogP contribution in [0.2, 0.25) is 0 Å². The molecule has 1 heterocycles. The minimum atomic E-state index is -0.453. The van der Waals surface area contributed by atoms with Crippen LogP contribution in [0.5, 0.6) is 5.75 Å². The third-order valence-electron chi connectivity index (χ3n) is 4.00. The van der Waals surface area contributed by atoms with Crippen molar-refractivity contribution in [3.63, 3.8) is 0 Å². The van der Waals surface area contributed by atoms with Crippen LogP contribution in [0, 0.1) is 20.8 Å². The molecule has 0 aliphatic heterocycles. The Kier molecular flexibility index (Phi) is 4.33. The highest BCUT2D eigenvalue weighted by molar-refractivity contribution is 5.42. The number of nitrogens with two attached hydrogens (primary N) is 1. The van der Waals surface area contributed by atoms with Gasteiger partial charge in [0.1, 0.15) is 5.75 Å². The maximum atomic E-state index is 6.54. The van der Waals surface area contributed by atoms with Crippen molar-refractivity contribution in [2.24, 2.45) is 5.73 Å². The molecule has 21 heavy (non-hydrogen) atoms. The normalized spacial score (nSPS) is 13.8. The van der Waals surface area contributed by atoms with Crippen LogP contribution in [0.1, 0.15) is 34.9 Å². The van der Waals surface area contributed by atoms with Gasteiger partial charge in [0.2, 0.25) is 0 Å². The molecule has 0 amide bonds. The van der Waals surface area contributed by atoms with Gasteiger partial charge in [0, 0.05) is 35.0 Å². The fraction of sp³-hybridized carbons (Fsp3) is 0.389. The number of benzene rings is 1. The van der Waals surface area contributed by atoms with Crippen molar-refractivity contribution < 1.29 is 4.74 Å². The van der Waals surface area contributed by atoms with E-state index < -0.39 is 5.54 Å². The number of nitrogens with zero attached hydrogens (tertiary/aromatic N) is 1. The Bertz CT molecular complexity index is 630. The first kappa shape index (κ1) is 15.5. The number of hydrogen-bond donors (Lipinski definition) is 1. The van der Waals surface area contributed by atoms with Gasteiger partial charge in [-0.15, -0.1) is 0 Å². The summed E-state index contributed by atoms with van der Waals surface area (Å²) in [5.41, 5.74) is 11.5. The highest BCUT2D eigenvalue weighted by Crippen LogP contribution is 2.29. The average molecular weight is 284 g/mol. The first-order chi connectivity index (χ1) is 9.85. The Morgan fingerprint density at radius 3 is 2.33 bits per heavy atom. The van der Waals surface area contributed by atoms with Crippen LogP contribution < -0.4 is 10.5 Å². The highest BCUT2D eigenvalue weighted by atomic mass is 16.5. The molecule has 0 bridgehead atoms. The zero-order valence-electron chi connectivity index (χ0n) is 13.5. The van der Waals surface area contributed by atoms with Gasteiger partial charge in [-0.2, -0.15) is 0 Å². The van der Waals surface area contributed by atoms with Crippen LogP contribution in [0.3, 0.4) is 0 Å². The largest absolute Gasteiger partial charge is 0.496 e. The van der Waals surface area contributed by atoms with Crippen molar-refractivity contribution in [1.82, 2.24) is 4.98 Å². The zero-order chi connectivity index (χ0) is 15.6. The molecule has 0 saturated carbocycles. The number of pyridine rings is 1. The van der Waals surface area contributed by atoms with Gasteiger partial charge >= 0.3 is 0 Å². The second-order valence-electron chi connectivity index (χ2n) is 6.01. The number of aromatic nitrogens is 1. The van der Waals surface area contributed by atoms with E-state index in [1.807, 2.05) is 27.0 Å². The summed E-state index contributed by atoms with van der Waals surface area (Å²) < 4.78 is 5.47. The number of ether oxygens (including phenoxy) is 1. The van der Waals surface area contributed by atoms with Gasteiger partial charge in [0.15, 0.2) is 0 Å². The van der Waals surface area contributed by atoms with E-state index in [4.69, 9.17) is 10.5 Å². The lowest BCUT2D eigenvalue weighted by atomic mass is 9.86. The summed E-state index contributed by atoms with van der Waals surface area (Å²) in [5.74, 6) is 0.903. The minimum absolute atomic E-state index is 0.453. The molecule has 0 aliphatic carbocycles. The standard InChI is InChI=1S/C18H24N2O/c1-12-6-8-15(9-7-12)18(4,19)10-16-14(3)17(21-5)13(2)11-20-16/h6-9,11H,10,19H2,1-5H3. The van der Waals surface area contributed by atoms with E-state index in [1.54, 1.807) is 7.11 Å². The van der Waals surface area contributed by atoms with Crippen LogP contribution >= 0.6 is 0 Å². The molecular formula is C18H24N2O. The maximum Gasteiger partial charge on any atom is 0.128 e. The van der Waals surface area contributed by atoms with Crippen molar-refractivity contribution >= 4 is 0 Å². The van der Waals surface area contributed by atoms with Crippen molar-refractivity contribution in [2.45, 2.75) is 39.7 Å². The molecule has 2 aromatic rings. The molecule has 3 nitrogen and oxygen atoms in total. The summed E-state index contributed by atoms with van der Waals surface area (Å²) >= 11 is 0. The molecule has 0 spiro atoms. The summed E-state index contributed by atoms with van der Waals surface area (Å²) in [6.07, 6.45) is 2.53. The van der Waals surface area contributed by atoms with Crippen molar-refractivity contribution in [2.75, 3.05) is 7.11 Å². The molecule has 0 fully saturated rings. The third-order valence-corrected chi connectivity index (χ3v) is 4.00. The molecule has 0 saturated heterocycles. The number of rotatable bonds is 4. The average Bonchev–Trinajstić information content (AvgIpc) is 2.43. The Labute approximate surface area is 127 Å². The predicted octanol–water partition coefficient (Wildman–Crippen LogP) is 3.43. The van der Waals surface area contributed by atoms with E-state index in [0.29, 0.717) is 6.42 Å². The Balaban J connectivity index is 2.34. The summed E-state index contributed by atoms with van der Waals surface area (Å²) in [6.45, 7) is 8.17. The summed E-state index contributed by atoms with van der Waals surface area (Å²) in [4.78, 5) is 4.55. The molecule has 1 aromatic heterocycles. The SMILES string of the molecule is COc1c(C)cnc(CC(C)(N)c2ccc(C)cc2)c1C. The molecule has 2 rings (SSSR count). The van der Waals surface area contributed by atoms with Gasteiger partial charge in [0.25, 0.3) is 0 Å². The molecule has 2 N–H and O–H groups in total. The summed E-state index contributed by atoms with van der Waals surface area (Å²) in [6, 6.07) is 8.37. The monoisotopic (exact) mass is 284 g/mol. The molecule has 1 aromatic carbocycles. The topological polar surface area (TPSA) is 48.1 Å². The van der Waals surface area contributed by atoms with Crippen LogP contribution in [0.4, 0.5) is 0 Å². The molecule has 0 aliphatic rings. The van der Waals surface area contributed by atoms with Crippen molar-refractivity contribution in [3.05, 3.63) is 58.4 Å². The van der Waals surface area contributed by atoms with Gasteiger partial charge in [-0.3, -0.25) is 4.98 Å². The van der Waals surface area contributed by atoms with Crippen molar-refractivity contribution in [3.8, 4) is 5.75 Å². The van der Waals surface area contributed by atoms with E-state index in [9.17, 15) is 0 Å². The Hall–Kier alpha value is -1.87. The lowest BCUT2D eigenvalue weighted by Gasteiger charge is -2.26. The van der Waals surface area contributed by atoms with Crippen LogP contribution in [0.15, 0.2) is 30.5 Å². The summed E-state index contributed by atoms with van der Waals surface area (Å²) in [7, 11) is 1.70. The summed E-state index contributed by atoms with van der Waals surface area (Å²) in [5, 5.41) is 0. The van der Waals surface area contributed by atoms with Crippen molar-refractivity contribution in [1.29, 1.82) is 0 Å². The zero-order valence-corrected chi connectivity index (χ0v) is 13.5. The lowest BCUT2D eigenvalue weighted by Crippen LogP contribution is -2.36. The fourth-order valence-corrected chi connectivity index (χ4v) is 2.63. The van der Waals surface area contributed by atoms with Gasteiger partial charge in [0.05, 0.1) is 7.11 Å². The lowest BCUT2D eigenvalue weighted by molar-refractivity contribution is 0.404. The molecule has 3 heteroatoms. The molecule has 1 unspecified atom stereocenters. The van der Waals surface area contributed by atoms with Crippen LogP contribution in [0.25, 0.3) is 0 Å². The van der Waals surface area contributed by atoms with E-state index in [-0.39, 0.29) is 0 Å². The highest BCUT2D eigenvalue weighted by Gasteiger charge is 2.24. The van der Waals surface area contributed by atoms with Crippen LogP contribution in [-0.2, 0) is 12.0 Å². The Morgan fingerprint density at radius 2 is 1.76 bits per heavy atom. The predicted molar refractivity (Wildman–Crippen MR) is 86.7 cm³/mol. The second-order valence-corrected chi connectivity index (χ2v) is 6.01. The van der Waals surface area contributed by atoms with Gasteiger partial charge in [-0.05, 0) is 33.3 Å². The molecule has 112 valence electrons. The second kappa shape index (κ2) is 5.86. The molecule has 1 atom stereocenters. The van der Waals surface area contributed by atoms with E-state index >= 15 is 0 Å². The van der Waals surface area contributed by atoms with Crippen LogP contribution in [-0.4, -0.2) is 12.1 Å². The molecule has 0 radical (unpaired) electrons. The number of aryl methyl sites for hydroxylation is 2. The third kappa shape index (κ3) is 3.24.